The second-order valence-electron chi connectivity index (χ2n) is 9.50. The van der Waals surface area contributed by atoms with E-state index in [0.29, 0.717) is 40.7 Å². The average molecular weight is 536 g/mol. The average Bonchev–Trinajstić information content (AvgIpc) is 3.60. The predicted octanol–water partition coefficient (Wildman–Crippen LogP) is 4.14. The van der Waals surface area contributed by atoms with E-state index in [0.717, 1.165) is 31.4 Å². The van der Waals surface area contributed by atoms with Crippen molar-refractivity contribution in [3.8, 4) is 0 Å². The Morgan fingerprint density at radius 1 is 1.13 bits per heavy atom. The van der Waals surface area contributed by atoms with Crippen molar-refractivity contribution in [3.63, 3.8) is 0 Å². The van der Waals surface area contributed by atoms with Gasteiger partial charge in [-0.2, -0.15) is 0 Å². The molecule has 0 saturated heterocycles. The number of anilines is 1. The van der Waals surface area contributed by atoms with Crippen LogP contribution in [0.25, 0.3) is 10.9 Å². The molecule has 10 nitrogen and oxygen atoms in total. The number of amides is 2. The zero-order valence-electron chi connectivity index (χ0n) is 21.0. The number of hydrogen-bond donors (Lipinski definition) is 2. The summed E-state index contributed by atoms with van der Waals surface area (Å²) in [5.41, 5.74) is 0.477. The molecule has 5 rings (SSSR count). The Bertz CT molecular complexity index is 1470. The third kappa shape index (κ3) is 6.16. The summed E-state index contributed by atoms with van der Waals surface area (Å²) in [5.74, 6) is 1.70. The zero-order chi connectivity index (χ0) is 26.5. The number of para-hydroxylation sites is 1. The van der Waals surface area contributed by atoms with E-state index in [1.165, 1.54) is 11.8 Å². The van der Waals surface area contributed by atoms with Crippen LogP contribution in [0.1, 0.15) is 37.2 Å². The van der Waals surface area contributed by atoms with E-state index < -0.39 is 0 Å². The fraction of sp³-hybridized carbons (Fsp3) is 0.370. The first kappa shape index (κ1) is 25.8. The third-order valence-electron chi connectivity index (χ3n) is 6.73. The summed E-state index contributed by atoms with van der Waals surface area (Å²) in [6.45, 7) is 2.62. The monoisotopic (exact) mass is 535 g/mol. The fourth-order valence-electron chi connectivity index (χ4n) is 4.75. The highest BCUT2D eigenvalue weighted by atomic mass is 32.2. The van der Waals surface area contributed by atoms with Crippen molar-refractivity contribution in [2.45, 2.75) is 50.9 Å². The number of thioether (sulfide) groups is 1. The van der Waals surface area contributed by atoms with E-state index in [1.54, 1.807) is 42.0 Å². The molecule has 3 aromatic heterocycles. The van der Waals surface area contributed by atoms with E-state index in [1.807, 2.05) is 18.2 Å². The first-order valence-electron chi connectivity index (χ1n) is 12.6. The molecule has 1 fully saturated rings. The number of aryl methyl sites for hydroxylation is 1. The molecule has 2 amide bonds. The van der Waals surface area contributed by atoms with Gasteiger partial charge in [0.2, 0.25) is 11.8 Å². The van der Waals surface area contributed by atoms with Crippen LogP contribution < -0.4 is 16.2 Å². The van der Waals surface area contributed by atoms with Gasteiger partial charge in [-0.15, -0.1) is 0 Å². The smallest absolute Gasteiger partial charge is 0.262 e. The minimum atomic E-state index is -0.265. The van der Waals surface area contributed by atoms with Gasteiger partial charge in [0.05, 0.1) is 29.5 Å². The van der Waals surface area contributed by atoms with Gasteiger partial charge in [0.15, 0.2) is 11.0 Å². The fourth-order valence-corrected chi connectivity index (χ4v) is 5.56. The highest BCUT2D eigenvalue weighted by Crippen LogP contribution is 2.31. The molecule has 1 aliphatic rings. The van der Waals surface area contributed by atoms with Gasteiger partial charge in [-0.1, -0.05) is 29.1 Å². The van der Waals surface area contributed by atoms with Crippen LogP contribution in [0.15, 0.2) is 67.6 Å². The SMILES string of the molecule is Cc1cc(NC(=O)CSc2nc3ccccc3c(=O)n2CC2CCC(C(=O)NCc3ccco3)CC2)no1. The molecular formula is C27H29N5O5S. The van der Waals surface area contributed by atoms with Gasteiger partial charge in [0.25, 0.3) is 5.56 Å². The van der Waals surface area contributed by atoms with Crippen molar-refractivity contribution in [2.75, 3.05) is 11.1 Å². The number of rotatable bonds is 9. The molecule has 11 heteroatoms. The first-order valence-corrected chi connectivity index (χ1v) is 13.6. The number of hydrogen-bond acceptors (Lipinski definition) is 8. The topological polar surface area (TPSA) is 132 Å². The van der Waals surface area contributed by atoms with E-state index in [4.69, 9.17) is 13.9 Å². The minimum Gasteiger partial charge on any atom is -0.467 e. The van der Waals surface area contributed by atoms with Crippen molar-refractivity contribution in [3.05, 3.63) is 70.6 Å². The molecule has 0 radical (unpaired) electrons. The summed E-state index contributed by atoms with van der Waals surface area (Å²) < 4.78 is 12.0. The molecule has 1 aliphatic carbocycles. The Hall–Kier alpha value is -3.86. The molecular weight excluding hydrogens is 506 g/mol. The number of benzene rings is 1. The predicted molar refractivity (Wildman–Crippen MR) is 143 cm³/mol. The van der Waals surface area contributed by atoms with E-state index in [2.05, 4.69) is 15.8 Å². The van der Waals surface area contributed by atoms with Crippen molar-refractivity contribution in [1.29, 1.82) is 0 Å². The molecule has 1 aromatic carbocycles. The second kappa shape index (κ2) is 11.7. The number of nitrogens with one attached hydrogen (secondary N) is 2. The number of carbonyl (C=O) groups excluding carboxylic acids is 2. The second-order valence-corrected chi connectivity index (χ2v) is 10.4. The molecule has 0 atom stereocenters. The van der Waals surface area contributed by atoms with Crippen LogP contribution in [0.3, 0.4) is 0 Å². The molecule has 198 valence electrons. The first-order chi connectivity index (χ1) is 18.5. The van der Waals surface area contributed by atoms with Crippen LogP contribution in [0, 0.1) is 18.8 Å². The Balaban J connectivity index is 1.24. The largest absolute Gasteiger partial charge is 0.467 e. The molecule has 0 unspecified atom stereocenters. The standard InChI is InChI=1S/C27H29N5O5S/c1-17-13-23(31-37-17)30-24(33)16-38-27-29-22-7-3-2-6-21(22)26(35)32(27)15-18-8-10-19(11-9-18)25(34)28-14-20-5-4-12-36-20/h2-7,12-13,18-19H,8-11,14-16H2,1H3,(H,28,34)(H,30,31,33). The van der Waals surface area contributed by atoms with E-state index in [-0.39, 0.29) is 35.0 Å². The third-order valence-corrected chi connectivity index (χ3v) is 7.71. The summed E-state index contributed by atoms with van der Waals surface area (Å²) in [6.07, 6.45) is 4.76. The highest BCUT2D eigenvalue weighted by Gasteiger charge is 2.27. The van der Waals surface area contributed by atoms with Crippen molar-refractivity contribution in [2.24, 2.45) is 11.8 Å². The van der Waals surface area contributed by atoms with Gasteiger partial charge in [-0.3, -0.25) is 19.0 Å². The summed E-state index contributed by atoms with van der Waals surface area (Å²) in [4.78, 5) is 43.3. The lowest BCUT2D eigenvalue weighted by Crippen LogP contribution is -2.34. The maximum atomic E-state index is 13.4. The molecule has 2 N–H and O–H groups in total. The maximum absolute atomic E-state index is 13.4. The zero-order valence-corrected chi connectivity index (χ0v) is 21.8. The van der Waals surface area contributed by atoms with Crippen LogP contribution >= 0.6 is 11.8 Å². The van der Waals surface area contributed by atoms with Crippen LogP contribution in [-0.2, 0) is 22.7 Å². The van der Waals surface area contributed by atoms with Crippen molar-refractivity contribution >= 4 is 40.3 Å². The van der Waals surface area contributed by atoms with Crippen molar-refractivity contribution in [1.82, 2.24) is 20.0 Å². The molecule has 0 bridgehead atoms. The van der Waals surface area contributed by atoms with Crippen LogP contribution in [-0.4, -0.2) is 32.3 Å². The number of fused-ring (bicyclic) bond motifs is 1. The lowest BCUT2D eigenvalue weighted by molar-refractivity contribution is -0.126. The van der Waals surface area contributed by atoms with Gasteiger partial charge in [0, 0.05) is 18.5 Å². The number of carbonyl (C=O) groups is 2. The number of nitrogens with zero attached hydrogens (tertiary/aromatic N) is 3. The maximum Gasteiger partial charge on any atom is 0.262 e. The van der Waals surface area contributed by atoms with Gasteiger partial charge in [0.1, 0.15) is 11.5 Å². The van der Waals surface area contributed by atoms with Gasteiger partial charge in [-0.05, 0) is 62.8 Å². The van der Waals surface area contributed by atoms with Gasteiger partial charge >= 0.3 is 0 Å². The summed E-state index contributed by atoms with van der Waals surface area (Å²) in [5, 5.41) is 10.5. The molecule has 4 aromatic rings. The normalized spacial score (nSPS) is 17.4. The van der Waals surface area contributed by atoms with Crippen LogP contribution in [0.5, 0.6) is 0 Å². The van der Waals surface area contributed by atoms with Crippen LogP contribution in [0.4, 0.5) is 5.82 Å². The summed E-state index contributed by atoms with van der Waals surface area (Å²) >= 11 is 1.22. The van der Waals surface area contributed by atoms with Crippen molar-refractivity contribution < 1.29 is 18.5 Å². The van der Waals surface area contributed by atoms with Gasteiger partial charge in [-0.25, -0.2) is 4.98 Å². The Morgan fingerprint density at radius 3 is 2.68 bits per heavy atom. The lowest BCUT2D eigenvalue weighted by Gasteiger charge is -2.28. The van der Waals surface area contributed by atoms with E-state index >= 15 is 0 Å². The number of aromatic nitrogens is 3. The molecule has 0 spiro atoms. The quantitative estimate of drug-likeness (QED) is 0.241. The molecule has 0 aliphatic heterocycles. The summed E-state index contributed by atoms with van der Waals surface area (Å²) in [6, 6.07) is 12.5. The molecule has 3 heterocycles. The number of furan rings is 1. The van der Waals surface area contributed by atoms with Crippen LogP contribution in [0.2, 0.25) is 0 Å². The molecule has 38 heavy (non-hydrogen) atoms. The Kier molecular flexibility index (Phi) is 7.92. The van der Waals surface area contributed by atoms with Gasteiger partial charge < -0.3 is 19.6 Å². The Labute approximate surface area is 223 Å². The summed E-state index contributed by atoms with van der Waals surface area (Å²) in [7, 11) is 0. The lowest BCUT2D eigenvalue weighted by atomic mass is 9.81. The van der Waals surface area contributed by atoms with E-state index in [9.17, 15) is 14.4 Å². The highest BCUT2D eigenvalue weighted by molar-refractivity contribution is 7.99. The minimum absolute atomic E-state index is 0.0361. The Morgan fingerprint density at radius 2 is 1.95 bits per heavy atom. The molecule has 1 saturated carbocycles.